The first kappa shape index (κ1) is 13.2. The number of ether oxygens (including phenoxy) is 1. The highest BCUT2D eigenvalue weighted by molar-refractivity contribution is 5.88. The molecule has 1 heterocycles. The summed E-state index contributed by atoms with van der Waals surface area (Å²) < 4.78 is 4.73. The molecule has 0 radical (unpaired) electrons. The van der Waals surface area contributed by atoms with E-state index in [0.717, 1.165) is 31.0 Å². The van der Waals surface area contributed by atoms with Gasteiger partial charge in [-0.15, -0.1) is 0 Å². The van der Waals surface area contributed by atoms with Crippen LogP contribution in [0.2, 0.25) is 0 Å². The lowest BCUT2D eigenvalue weighted by Gasteiger charge is -2.13. The Morgan fingerprint density at radius 3 is 2.75 bits per heavy atom. The van der Waals surface area contributed by atoms with Gasteiger partial charge >= 0.3 is 5.97 Å². The lowest BCUT2D eigenvalue weighted by molar-refractivity contribution is -0.136. The third-order valence-corrected chi connectivity index (χ3v) is 3.37. The van der Waals surface area contributed by atoms with E-state index in [0.29, 0.717) is 0 Å². The fourth-order valence-corrected chi connectivity index (χ4v) is 2.15. The summed E-state index contributed by atoms with van der Waals surface area (Å²) in [5.74, 6) is 0.658. The van der Waals surface area contributed by atoms with Crippen LogP contribution in [0.5, 0.6) is 0 Å². The molecule has 1 aliphatic heterocycles. The van der Waals surface area contributed by atoms with E-state index >= 15 is 0 Å². The topological polar surface area (TPSA) is 29.5 Å². The predicted octanol–water partition coefficient (Wildman–Crippen LogP) is 2.23. The smallest absolute Gasteiger partial charge is 0.333 e. The molecule has 3 heteroatoms. The van der Waals surface area contributed by atoms with Gasteiger partial charge < -0.3 is 4.74 Å². The SMILES string of the molecule is CC/C(=C/CN1CCC(CC)C1)C(=O)OC. The molecule has 0 spiro atoms. The molecule has 16 heavy (non-hydrogen) atoms. The fourth-order valence-electron chi connectivity index (χ4n) is 2.15. The summed E-state index contributed by atoms with van der Waals surface area (Å²) in [7, 11) is 1.44. The maximum atomic E-state index is 11.4. The molecule has 92 valence electrons. The van der Waals surface area contributed by atoms with Crippen LogP contribution in [0, 0.1) is 5.92 Å². The van der Waals surface area contributed by atoms with Gasteiger partial charge in [-0.05, 0) is 25.3 Å². The highest BCUT2D eigenvalue weighted by atomic mass is 16.5. The number of methoxy groups -OCH3 is 1. The molecule has 1 saturated heterocycles. The average molecular weight is 225 g/mol. The van der Waals surface area contributed by atoms with Gasteiger partial charge in [0.2, 0.25) is 0 Å². The molecule has 3 nitrogen and oxygen atoms in total. The van der Waals surface area contributed by atoms with Gasteiger partial charge in [0.1, 0.15) is 0 Å². The van der Waals surface area contributed by atoms with Crippen molar-refractivity contribution in [2.24, 2.45) is 5.92 Å². The number of esters is 1. The summed E-state index contributed by atoms with van der Waals surface area (Å²) in [5, 5.41) is 0. The third kappa shape index (κ3) is 3.63. The Morgan fingerprint density at radius 2 is 2.25 bits per heavy atom. The first-order chi connectivity index (χ1) is 7.71. The van der Waals surface area contributed by atoms with Crippen molar-refractivity contribution in [2.75, 3.05) is 26.7 Å². The fraction of sp³-hybridized carbons (Fsp3) is 0.769. The second kappa shape index (κ2) is 6.69. The number of carbonyl (C=O) groups excluding carboxylic acids is 1. The van der Waals surface area contributed by atoms with E-state index in [2.05, 4.69) is 11.8 Å². The summed E-state index contributed by atoms with van der Waals surface area (Å²) in [5.41, 5.74) is 0.794. The minimum Gasteiger partial charge on any atom is -0.466 e. The normalized spacial score (nSPS) is 22.4. The first-order valence-corrected chi connectivity index (χ1v) is 6.20. The number of likely N-dealkylation sites (tertiary alicyclic amines) is 1. The van der Waals surface area contributed by atoms with E-state index in [1.54, 1.807) is 0 Å². The predicted molar refractivity (Wildman–Crippen MR) is 65.2 cm³/mol. The Bertz CT molecular complexity index is 261. The van der Waals surface area contributed by atoms with Crippen LogP contribution in [0.4, 0.5) is 0 Å². The van der Waals surface area contributed by atoms with Gasteiger partial charge in [0, 0.05) is 18.7 Å². The molecule has 1 rings (SSSR count). The van der Waals surface area contributed by atoms with Crippen molar-refractivity contribution in [3.63, 3.8) is 0 Å². The molecule has 0 amide bonds. The zero-order chi connectivity index (χ0) is 12.0. The molecular formula is C13H23NO2. The monoisotopic (exact) mass is 225 g/mol. The van der Waals surface area contributed by atoms with Gasteiger partial charge in [0.15, 0.2) is 0 Å². The lowest BCUT2D eigenvalue weighted by atomic mass is 10.1. The van der Waals surface area contributed by atoms with E-state index < -0.39 is 0 Å². The Balaban J connectivity index is 2.42. The lowest BCUT2D eigenvalue weighted by Crippen LogP contribution is -2.21. The van der Waals surface area contributed by atoms with Crippen LogP contribution in [0.1, 0.15) is 33.1 Å². The second-order valence-corrected chi connectivity index (χ2v) is 4.40. The molecule has 0 saturated carbocycles. The molecule has 0 aliphatic carbocycles. The highest BCUT2D eigenvalue weighted by Crippen LogP contribution is 2.19. The van der Waals surface area contributed by atoms with Crippen molar-refractivity contribution in [3.8, 4) is 0 Å². The number of hydrogen-bond acceptors (Lipinski definition) is 3. The molecule has 1 aliphatic rings. The summed E-state index contributed by atoms with van der Waals surface area (Å²) in [6, 6.07) is 0. The van der Waals surface area contributed by atoms with E-state index in [1.807, 2.05) is 13.0 Å². The zero-order valence-corrected chi connectivity index (χ0v) is 10.7. The van der Waals surface area contributed by atoms with Crippen molar-refractivity contribution in [2.45, 2.75) is 33.1 Å². The van der Waals surface area contributed by atoms with Gasteiger partial charge in [-0.3, -0.25) is 4.90 Å². The number of nitrogens with zero attached hydrogens (tertiary/aromatic N) is 1. The molecule has 0 aromatic heterocycles. The Labute approximate surface area is 98.5 Å². The summed E-state index contributed by atoms with van der Waals surface area (Å²) in [4.78, 5) is 13.8. The van der Waals surface area contributed by atoms with Crippen LogP contribution >= 0.6 is 0 Å². The highest BCUT2D eigenvalue weighted by Gasteiger charge is 2.20. The second-order valence-electron chi connectivity index (χ2n) is 4.40. The number of rotatable bonds is 5. The van der Waals surface area contributed by atoms with E-state index in [4.69, 9.17) is 4.74 Å². The minimum atomic E-state index is -0.186. The summed E-state index contributed by atoms with van der Waals surface area (Å²) in [6.45, 7) is 7.45. The quantitative estimate of drug-likeness (QED) is 0.531. The van der Waals surface area contributed by atoms with Gasteiger partial charge in [0.05, 0.1) is 7.11 Å². The molecule has 1 atom stereocenters. The number of carbonyl (C=O) groups is 1. The van der Waals surface area contributed by atoms with Crippen molar-refractivity contribution < 1.29 is 9.53 Å². The first-order valence-electron chi connectivity index (χ1n) is 6.20. The van der Waals surface area contributed by atoms with Crippen LogP contribution in [-0.4, -0.2) is 37.6 Å². The van der Waals surface area contributed by atoms with Crippen molar-refractivity contribution in [1.82, 2.24) is 4.90 Å². The van der Waals surface area contributed by atoms with Gasteiger partial charge in [0.25, 0.3) is 0 Å². The van der Waals surface area contributed by atoms with Gasteiger partial charge in [-0.2, -0.15) is 0 Å². The molecule has 1 unspecified atom stereocenters. The average Bonchev–Trinajstić information content (AvgIpc) is 2.77. The molecule has 0 bridgehead atoms. The zero-order valence-electron chi connectivity index (χ0n) is 10.7. The standard InChI is InChI=1S/C13H23NO2/c1-4-11-6-8-14(10-11)9-7-12(5-2)13(15)16-3/h7,11H,4-6,8-10H2,1-3H3/b12-7-. The van der Waals surface area contributed by atoms with Crippen molar-refractivity contribution in [1.29, 1.82) is 0 Å². The number of hydrogen-bond donors (Lipinski definition) is 0. The van der Waals surface area contributed by atoms with Crippen LogP contribution in [-0.2, 0) is 9.53 Å². The summed E-state index contributed by atoms with van der Waals surface area (Å²) in [6.07, 6.45) is 5.32. The van der Waals surface area contributed by atoms with Crippen molar-refractivity contribution >= 4 is 5.97 Å². The summed E-state index contributed by atoms with van der Waals surface area (Å²) >= 11 is 0. The largest absolute Gasteiger partial charge is 0.466 e. The maximum Gasteiger partial charge on any atom is 0.333 e. The molecule has 0 N–H and O–H groups in total. The molecule has 1 fully saturated rings. The minimum absolute atomic E-state index is 0.186. The van der Waals surface area contributed by atoms with Crippen LogP contribution in [0.25, 0.3) is 0 Å². The Morgan fingerprint density at radius 1 is 1.50 bits per heavy atom. The molecule has 0 aromatic rings. The van der Waals surface area contributed by atoms with Gasteiger partial charge in [-0.25, -0.2) is 4.79 Å². The van der Waals surface area contributed by atoms with Crippen LogP contribution in [0.3, 0.4) is 0 Å². The Hall–Kier alpha value is -0.830. The third-order valence-electron chi connectivity index (χ3n) is 3.37. The molecule has 0 aromatic carbocycles. The maximum absolute atomic E-state index is 11.4. The van der Waals surface area contributed by atoms with E-state index in [1.165, 1.54) is 26.5 Å². The van der Waals surface area contributed by atoms with Crippen molar-refractivity contribution in [3.05, 3.63) is 11.6 Å². The van der Waals surface area contributed by atoms with E-state index in [9.17, 15) is 4.79 Å². The van der Waals surface area contributed by atoms with E-state index in [-0.39, 0.29) is 5.97 Å². The Kier molecular flexibility index (Phi) is 5.53. The van der Waals surface area contributed by atoms with Gasteiger partial charge in [-0.1, -0.05) is 26.3 Å². The van der Waals surface area contributed by atoms with Crippen LogP contribution < -0.4 is 0 Å². The van der Waals surface area contributed by atoms with Crippen LogP contribution in [0.15, 0.2) is 11.6 Å². The molecular weight excluding hydrogens is 202 g/mol.